The van der Waals surface area contributed by atoms with Crippen LogP contribution in [0.25, 0.3) is 10.8 Å². The number of fused-ring (bicyclic) bond motifs is 1. The molecule has 0 amide bonds. The lowest BCUT2D eigenvalue weighted by Crippen LogP contribution is -2.43. The number of H-pyrrole nitrogens is 1. The summed E-state index contributed by atoms with van der Waals surface area (Å²) in [7, 11) is 0. The van der Waals surface area contributed by atoms with E-state index in [1.54, 1.807) is 6.07 Å². The molecule has 0 aliphatic carbocycles. The minimum Gasteiger partial charge on any atom is -0.326 e. The average molecular weight is 275 g/mol. The van der Waals surface area contributed by atoms with Crippen LogP contribution in [0.15, 0.2) is 23.0 Å². The maximum absolute atomic E-state index is 13.3. The molecule has 1 fully saturated rings. The van der Waals surface area contributed by atoms with Crippen molar-refractivity contribution >= 4 is 10.8 Å². The lowest BCUT2D eigenvalue weighted by atomic mass is 10.0. The molecule has 20 heavy (non-hydrogen) atoms. The van der Waals surface area contributed by atoms with Crippen LogP contribution in [0.4, 0.5) is 4.39 Å². The van der Waals surface area contributed by atoms with Crippen molar-refractivity contribution in [2.24, 2.45) is 0 Å². The Balaban J connectivity index is 2.07. The van der Waals surface area contributed by atoms with Crippen LogP contribution < -0.4 is 10.9 Å². The van der Waals surface area contributed by atoms with Gasteiger partial charge in [0.25, 0.3) is 5.56 Å². The number of benzene rings is 1. The molecule has 0 atom stereocenters. The van der Waals surface area contributed by atoms with Crippen molar-refractivity contribution in [3.63, 3.8) is 0 Å². The monoisotopic (exact) mass is 275 g/mol. The van der Waals surface area contributed by atoms with Gasteiger partial charge >= 0.3 is 0 Å². The van der Waals surface area contributed by atoms with Crippen molar-refractivity contribution < 1.29 is 4.39 Å². The fourth-order valence-corrected chi connectivity index (χ4v) is 2.78. The maximum Gasteiger partial charge on any atom is 0.256 e. The average Bonchev–Trinajstić information content (AvgIpc) is 2.45. The highest BCUT2D eigenvalue weighted by molar-refractivity contribution is 5.85. The van der Waals surface area contributed by atoms with Crippen LogP contribution in [0, 0.1) is 12.7 Å². The number of aryl methyl sites for hydroxylation is 1. The Bertz CT molecular complexity index is 689. The summed E-state index contributed by atoms with van der Waals surface area (Å²) >= 11 is 0. The zero-order valence-electron chi connectivity index (χ0n) is 11.5. The van der Waals surface area contributed by atoms with Crippen molar-refractivity contribution in [1.82, 2.24) is 15.2 Å². The molecule has 1 aromatic carbocycles. The number of piperazine rings is 1. The van der Waals surface area contributed by atoms with E-state index in [-0.39, 0.29) is 11.4 Å². The number of pyridine rings is 1. The van der Waals surface area contributed by atoms with Gasteiger partial charge in [-0.15, -0.1) is 0 Å². The van der Waals surface area contributed by atoms with Gasteiger partial charge in [0.15, 0.2) is 0 Å². The van der Waals surface area contributed by atoms with E-state index < -0.39 is 0 Å². The van der Waals surface area contributed by atoms with Gasteiger partial charge in [0.1, 0.15) is 5.82 Å². The first kappa shape index (κ1) is 13.3. The Morgan fingerprint density at radius 2 is 2.00 bits per heavy atom. The zero-order valence-corrected chi connectivity index (χ0v) is 11.5. The molecule has 0 radical (unpaired) electrons. The first-order valence-corrected chi connectivity index (χ1v) is 6.89. The van der Waals surface area contributed by atoms with Gasteiger partial charge in [-0.2, -0.15) is 0 Å². The highest BCUT2D eigenvalue weighted by Crippen LogP contribution is 2.20. The molecule has 1 aliphatic rings. The molecule has 0 bridgehead atoms. The second kappa shape index (κ2) is 5.34. The van der Waals surface area contributed by atoms with Gasteiger partial charge in [-0.05, 0) is 30.0 Å². The van der Waals surface area contributed by atoms with Gasteiger partial charge in [0.2, 0.25) is 0 Å². The number of rotatable bonds is 2. The normalized spacial score (nSPS) is 16.7. The second-order valence-corrected chi connectivity index (χ2v) is 5.27. The summed E-state index contributed by atoms with van der Waals surface area (Å²) in [4.78, 5) is 17.1. The van der Waals surface area contributed by atoms with Crippen LogP contribution in [-0.2, 0) is 6.54 Å². The Hall–Kier alpha value is -1.72. The Labute approximate surface area is 116 Å². The van der Waals surface area contributed by atoms with Gasteiger partial charge in [0.05, 0.1) is 5.39 Å². The molecule has 0 unspecified atom stereocenters. The summed E-state index contributed by atoms with van der Waals surface area (Å²) in [5.41, 5.74) is 1.73. The zero-order chi connectivity index (χ0) is 14.1. The molecule has 1 aliphatic heterocycles. The van der Waals surface area contributed by atoms with E-state index in [2.05, 4.69) is 15.2 Å². The van der Waals surface area contributed by atoms with Crippen LogP contribution in [0.3, 0.4) is 0 Å². The fraction of sp³-hybridized carbons (Fsp3) is 0.400. The molecule has 1 saturated heterocycles. The predicted octanol–water partition coefficient (Wildman–Crippen LogP) is 1.38. The van der Waals surface area contributed by atoms with Crippen LogP contribution >= 0.6 is 0 Å². The number of nitrogens with zero attached hydrogens (tertiary/aromatic N) is 1. The highest BCUT2D eigenvalue weighted by atomic mass is 19.1. The van der Waals surface area contributed by atoms with Crippen molar-refractivity contribution in [1.29, 1.82) is 0 Å². The van der Waals surface area contributed by atoms with Crippen LogP contribution in [0.2, 0.25) is 0 Å². The predicted molar refractivity (Wildman–Crippen MR) is 77.4 cm³/mol. The summed E-state index contributed by atoms with van der Waals surface area (Å²) < 4.78 is 13.3. The van der Waals surface area contributed by atoms with Crippen molar-refractivity contribution in [2.45, 2.75) is 13.5 Å². The molecule has 106 valence electrons. The topological polar surface area (TPSA) is 48.1 Å². The van der Waals surface area contributed by atoms with Gasteiger partial charge < -0.3 is 10.3 Å². The summed E-state index contributed by atoms with van der Waals surface area (Å²) in [5, 5.41) is 4.60. The summed E-state index contributed by atoms with van der Waals surface area (Å²) in [6, 6.07) is 4.45. The molecule has 5 heteroatoms. The minimum atomic E-state index is -0.375. The molecule has 0 spiro atoms. The number of aromatic amines is 1. The van der Waals surface area contributed by atoms with Crippen LogP contribution in [-0.4, -0.2) is 36.1 Å². The van der Waals surface area contributed by atoms with Crippen LogP contribution in [0.1, 0.15) is 11.3 Å². The van der Waals surface area contributed by atoms with Gasteiger partial charge in [-0.25, -0.2) is 4.39 Å². The van der Waals surface area contributed by atoms with Crippen molar-refractivity contribution in [3.8, 4) is 0 Å². The lowest BCUT2D eigenvalue weighted by molar-refractivity contribution is 0.233. The van der Waals surface area contributed by atoms with E-state index in [1.807, 2.05) is 6.92 Å². The third kappa shape index (κ3) is 2.46. The molecule has 2 aromatic rings. The van der Waals surface area contributed by atoms with E-state index >= 15 is 0 Å². The standard InChI is InChI=1S/C15H18FN3O/c1-10-14(9-19-6-4-17-5-7-19)12-3-2-11(16)8-13(12)15(20)18-10/h2-3,8,17H,4-7,9H2,1H3,(H,18,20). The largest absolute Gasteiger partial charge is 0.326 e. The number of halogens is 1. The number of hydrogen-bond acceptors (Lipinski definition) is 3. The summed E-state index contributed by atoms with van der Waals surface area (Å²) in [5.74, 6) is -0.375. The molecule has 3 rings (SSSR count). The Morgan fingerprint density at radius 1 is 1.25 bits per heavy atom. The molecular formula is C15H18FN3O. The Kier molecular flexibility index (Phi) is 3.54. The molecular weight excluding hydrogens is 257 g/mol. The quantitative estimate of drug-likeness (QED) is 0.870. The Morgan fingerprint density at radius 3 is 2.75 bits per heavy atom. The molecule has 2 N–H and O–H groups in total. The van der Waals surface area contributed by atoms with E-state index in [4.69, 9.17) is 0 Å². The minimum absolute atomic E-state index is 0.221. The number of nitrogens with one attached hydrogen (secondary N) is 2. The molecule has 1 aromatic heterocycles. The van der Waals surface area contributed by atoms with E-state index in [0.29, 0.717) is 5.39 Å². The third-order valence-corrected chi connectivity index (χ3v) is 3.90. The first-order chi connectivity index (χ1) is 9.65. The van der Waals surface area contributed by atoms with E-state index in [9.17, 15) is 9.18 Å². The fourth-order valence-electron chi connectivity index (χ4n) is 2.78. The molecule has 2 heterocycles. The van der Waals surface area contributed by atoms with E-state index in [0.717, 1.165) is 49.4 Å². The van der Waals surface area contributed by atoms with Crippen molar-refractivity contribution in [3.05, 3.63) is 45.6 Å². The first-order valence-electron chi connectivity index (χ1n) is 6.89. The number of hydrogen-bond donors (Lipinski definition) is 2. The summed E-state index contributed by atoms with van der Waals surface area (Å²) in [6.07, 6.45) is 0. The van der Waals surface area contributed by atoms with Gasteiger partial charge in [0, 0.05) is 38.4 Å². The number of aromatic nitrogens is 1. The van der Waals surface area contributed by atoms with Crippen LogP contribution in [0.5, 0.6) is 0 Å². The SMILES string of the molecule is Cc1[nH]c(=O)c2cc(F)ccc2c1CN1CCNCC1. The van der Waals surface area contributed by atoms with E-state index in [1.165, 1.54) is 12.1 Å². The maximum atomic E-state index is 13.3. The van der Waals surface area contributed by atoms with Gasteiger partial charge in [-0.3, -0.25) is 9.69 Å². The molecule has 4 nitrogen and oxygen atoms in total. The van der Waals surface area contributed by atoms with Crippen molar-refractivity contribution in [2.75, 3.05) is 26.2 Å². The van der Waals surface area contributed by atoms with Gasteiger partial charge in [-0.1, -0.05) is 6.07 Å². The third-order valence-electron chi connectivity index (χ3n) is 3.90. The smallest absolute Gasteiger partial charge is 0.256 e. The summed E-state index contributed by atoms with van der Waals surface area (Å²) in [6.45, 7) is 6.63. The molecule has 0 saturated carbocycles. The second-order valence-electron chi connectivity index (χ2n) is 5.27. The highest BCUT2D eigenvalue weighted by Gasteiger charge is 2.15. The lowest BCUT2D eigenvalue weighted by Gasteiger charge is -2.28.